The van der Waals surface area contributed by atoms with E-state index < -0.39 is 0 Å². The van der Waals surface area contributed by atoms with Crippen LogP contribution in [-0.4, -0.2) is 36.4 Å². The summed E-state index contributed by atoms with van der Waals surface area (Å²) in [6.07, 6.45) is 0.611. The van der Waals surface area contributed by atoms with Crippen LogP contribution in [0, 0.1) is 5.92 Å². The van der Waals surface area contributed by atoms with Crippen LogP contribution in [0.15, 0.2) is 0 Å². The van der Waals surface area contributed by atoms with Crippen molar-refractivity contribution in [1.29, 1.82) is 0 Å². The molecule has 0 aromatic carbocycles. The molecule has 0 spiro atoms. The molecule has 76 valence electrons. The van der Waals surface area contributed by atoms with Gasteiger partial charge in [0.05, 0.1) is 6.61 Å². The zero-order valence-corrected chi connectivity index (χ0v) is 8.12. The molecule has 1 amide bonds. The van der Waals surface area contributed by atoms with Crippen LogP contribution in [0.25, 0.3) is 0 Å². The third-order valence-corrected chi connectivity index (χ3v) is 2.31. The van der Waals surface area contributed by atoms with Gasteiger partial charge in [-0.1, -0.05) is 6.92 Å². The summed E-state index contributed by atoms with van der Waals surface area (Å²) in [6.45, 7) is 4.39. The van der Waals surface area contributed by atoms with Crippen molar-refractivity contribution in [3.05, 3.63) is 0 Å². The molecule has 0 saturated carbocycles. The van der Waals surface area contributed by atoms with Crippen molar-refractivity contribution >= 4 is 5.91 Å². The Kier molecular flexibility index (Phi) is 3.69. The molecule has 0 aromatic rings. The number of rotatable bonds is 3. The molecule has 0 aliphatic carbocycles. The SMILES string of the molecule is CC(CO)NC(=O)C1OCCC1C. The first-order valence-electron chi connectivity index (χ1n) is 4.68. The van der Waals surface area contributed by atoms with Gasteiger partial charge in [-0.25, -0.2) is 0 Å². The van der Waals surface area contributed by atoms with Gasteiger partial charge in [0.15, 0.2) is 0 Å². The second-order valence-electron chi connectivity index (χ2n) is 3.65. The summed E-state index contributed by atoms with van der Waals surface area (Å²) in [6, 6.07) is -0.191. The van der Waals surface area contributed by atoms with Crippen molar-refractivity contribution in [3.8, 4) is 0 Å². The fourth-order valence-corrected chi connectivity index (χ4v) is 1.40. The van der Waals surface area contributed by atoms with E-state index in [-0.39, 0.29) is 30.6 Å². The Morgan fingerprint density at radius 1 is 1.77 bits per heavy atom. The number of amides is 1. The average molecular weight is 187 g/mol. The minimum absolute atomic E-state index is 0.0349. The lowest BCUT2D eigenvalue weighted by molar-refractivity contribution is -0.132. The molecule has 4 nitrogen and oxygen atoms in total. The maximum absolute atomic E-state index is 11.5. The lowest BCUT2D eigenvalue weighted by Gasteiger charge is -2.17. The summed E-state index contributed by atoms with van der Waals surface area (Å²) < 4.78 is 5.28. The van der Waals surface area contributed by atoms with Crippen LogP contribution in [0.3, 0.4) is 0 Å². The van der Waals surface area contributed by atoms with Crippen molar-refractivity contribution in [2.75, 3.05) is 13.2 Å². The zero-order valence-electron chi connectivity index (χ0n) is 8.12. The predicted octanol–water partition coefficient (Wildman–Crippen LogP) is -0.0916. The number of hydrogen-bond donors (Lipinski definition) is 2. The van der Waals surface area contributed by atoms with Gasteiger partial charge in [-0.2, -0.15) is 0 Å². The summed E-state index contributed by atoms with van der Waals surface area (Å²) in [7, 11) is 0. The number of ether oxygens (including phenoxy) is 1. The van der Waals surface area contributed by atoms with E-state index in [1.807, 2.05) is 6.92 Å². The third-order valence-electron chi connectivity index (χ3n) is 2.31. The Morgan fingerprint density at radius 3 is 2.92 bits per heavy atom. The highest BCUT2D eigenvalue weighted by atomic mass is 16.5. The number of nitrogens with one attached hydrogen (secondary N) is 1. The summed E-state index contributed by atoms with van der Waals surface area (Å²) in [5.74, 6) is 0.178. The largest absolute Gasteiger partial charge is 0.394 e. The molecule has 13 heavy (non-hydrogen) atoms. The van der Waals surface area contributed by atoms with Gasteiger partial charge in [0, 0.05) is 12.6 Å². The summed E-state index contributed by atoms with van der Waals surface area (Å²) in [5.41, 5.74) is 0. The fraction of sp³-hybridized carbons (Fsp3) is 0.889. The minimum atomic E-state index is -0.325. The highest BCUT2D eigenvalue weighted by Gasteiger charge is 2.31. The minimum Gasteiger partial charge on any atom is -0.394 e. The maximum atomic E-state index is 11.5. The Morgan fingerprint density at radius 2 is 2.46 bits per heavy atom. The smallest absolute Gasteiger partial charge is 0.249 e. The number of hydrogen-bond acceptors (Lipinski definition) is 3. The molecule has 3 atom stereocenters. The molecule has 1 fully saturated rings. The van der Waals surface area contributed by atoms with E-state index in [1.54, 1.807) is 6.92 Å². The third kappa shape index (κ3) is 2.67. The monoisotopic (exact) mass is 187 g/mol. The van der Waals surface area contributed by atoms with E-state index in [0.29, 0.717) is 6.61 Å². The average Bonchev–Trinajstić information content (AvgIpc) is 2.51. The molecule has 2 N–H and O–H groups in total. The van der Waals surface area contributed by atoms with Crippen molar-refractivity contribution < 1.29 is 14.6 Å². The maximum Gasteiger partial charge on any atom is 0.249 e. The Bertz CT molecular complexity index is 184. The second kappa shape index (κ2) is 4.58. The molecular formula is C9H17NO3. The van der Waals surface area contributed by atoms with Crippen LogP contribution < -0.4 is 5.32 Å². The van der Waals surface area contributed by atoms with Crippen LogP contribution in [-0.2, 0) is 9.53 Å². The van der Waals surface area contributed by atoms with Crippen molar-refractivity contribution in [3.63, 3.8) is 0 Å². The molecule has 1 heterocycles. The van der Waals surface area contributed by atoms with Crippen LogP contribution >= 0.6 is 0 Å². The zero-order chi connectivity index (χ0) is 9.84. The summed E-state index contributed by atoms with van der Waals surface area (Å²) in [4.78, 5) is 11.5. The molecule has 0 radical (unpaired) electrons. The van der Waals surface area contributed by atoms with E-state index >= 15 is 0 Å². The molecular weight excluding hydrogens is 170 g/mol. The Labute approximate surface area is 78.3 Å². The van der Waals surface area contributed by atoms with Crippen molar-refractivity contribution in [2.45, 2.75) is 32.4 Å². The van der Waals surface area contributed by atoms with Crippen LogP contribution in [0.1, 0.15) is 20.3 Å². The molecule has 4 heteroatoms. The van der Waals surface area contributed by atoms with Gasteiger partial charge in [-0.3, -0.25) is 4.79 Å². The second-order valence-corrected chi connectivity index (χ2v) is 3.65. The van der Waals surface area contributed by atoms with Gasteiger partial charge >= 0.3 is 0 Å². The molecule has 3 unspecified atom stereocenters. The predicted molar refractivity (Wildman–Crippen MR) is 48.2 cm³/mol. The summed E-state index contributed by atoms with van der Waals surface area (Å²) >= 11 is 0. The Hall–Kier alpha value is -0.610. The molecule has 1 aliphatic rings. The van der Waals surface area contributed by atoms with Crippen molar-refractivity contribution in [2.24, 2.45) is 5.92 Å². The Balaban J connectivity index is 2.38. The van der Waals surface area contributed by atoms with Gasteiger partial charge in [0.2, 0.25) is 5.91 Å². The molecule has 1 rings (SSSR count). The molecule has 1 aliphatic heterocycles. The highest BCUT2D eigenvalue weighted by molar-refractivity contribution is 5.81. The van der Waals surface area contributed by atoms with Crippen LogP contribution in [0.5, 0.6) is 0 Å². The highest BCUT2D eigenvalue weighted by Crippen LogP contribution is 2.19. The number of aliphatic hydroxyl groups is 1. The van der Waals surface area contributed by atoms with E-state index in [1.165, 1.54) is 0 Å². The molecule has 1 saturated heterocycles. The first-order valence-corrected chi connectivity index (χ1v) is 4.68. The van der Waals surface area contributed by atoms with Gasteiger partial charge in [0.1, 0.15) is 6.10 Å². The normalized spacial score (nSPS) is 30.1. The lowest BCUT2D eigenvalue weighted by atomic mass is 10.0. The van der Waals surface area contributed by atoms with E-state index in [0.717, 1.165) is 6.42 Å². The van der Waals surface area contributed by atoms with Crippen molar-refractivity contribution in [1.82, 2.24) is 5.32 Å². The first-order chi connectivity index (χ1) is 6.15. The number of carbonyl (C=O) groups is 1. The standard InChI is InChI=1S/C9H17NO3/c1-6-3-4-13-8(6)9(12)10-7(2)5-11/h6-8,11H,3-5H2,1-2H3,(H,10,12). The van der Waals surface area contributed by atoms with E-state index in [4.69, 9.17) is 9.84 Å². The fourth-order valence-electron chi connectivity index (χ4n) is 1.40. The number of aliphatic hydroxyl groups excluding tert-OH is 1. The first kappa shape index (κ1) is 10.5. The quantitative estimate of drug-likeness (QED) is 0.649. The van der Waals surface area contributed by atoms with Crippen LogP contribution in [0.4, 0.5) is 0 Å². The van der Waals surface area contributed by atoms with E-state index in [2.05, 4.69) is 5.32 Å². The van der Waals surface area contributed by atoms with Gasteiger partial charge in [-0.15, -0.1) is 0 Å². The van der Waals surface area contributed by atoms with Gasteiger partial charge in [0.25, 0.3) is 0 Å². The van der Waals surface area contributed by atoms with Gasteiger partial charge < -0.3 is 15.2 Å². The van der Waals surface area contributed by atoms with Gasteiger partial charge in [-0.05, 0) is 19.3 Å². The summed E-state index contributed by atoms with van der Waals surface area (Å²) in [5, 5.41) is 11.4. The number of carbonyl (C=O) groups excluding carboxylic acids is 1. The lowest BCUT2D eigenvalue weighted by Crippen LogP contribution is -2.43. The molecule has 0 bridgehead atoms. The van der Waals surface area contributed by atoms with E-state index in [9.17, 15) is 4.79 Å². The van der Waals surface area contributed by atoms with Crippen LogP contribution in [0.2, 0.25) is 0 Å². The topological polar surface area (TPSA) is 58.6 Å². The molecule has 0 aromatic heterocycles.